The van der Waals surface area contributed by atoms with E-state index in [1.54, 1.807) is 7.11 Å². The molecule has 1 heterocycles. The minimum absolute atomic E-state index is 0.0917. The maximum atomic E-state index is 11.1. The third-order valence-electron chi connectivity index (χ3n) is 3.56. The summed E-state index contributed by atoms with van der Waals surface area (Å²) >= 11 is 1.44. The molecule has 26 heavy (non-hydrogen) atoms. The molecule has 3 aromatic rings. The van der Waals surface area contributed by atoms with E-state index in [0.717, 1.165) is 28.3 Å². The maximum Gasteiger partial charge on any atom is 0.230 e. The number of nitrogens with one attached hydrogen (secondary N) is 1. The van der Waals surface area contributed by atoms with Crippen molar-refractivity contribution in [2.45, 2.75) is 13.5 Å². The van der Waals surface area contributed by atoms with Crippen LogP contribution < -0.4 is 10.1 Å². The van der Waals surface area contributed by atoms with Crippen molar-refractivity contribution in [3.05, 3.63) is 59.5 Å². The highest BCUT2D eigenvalue weighted by Crippen LogP contribution is 2.28. The predicted octanol–water partition coefficient (Wildman–Crippen LogP) is 5.06. The molecule has 0 spiro atoms. The van der Waals surface area contributed by atoms with Gasteiger partial charge in [0.25, 0.3) is 0 Å². The summed E-state index contributed by atoms with van der Waals surface area (Å²) < 4.78 is 5.13. The highest BCUT2D eigenvalue weighted by Gasteiger charge is 2.04. The molecular formula is C19H18N4O2S. The molecule has 1 aromatic heterocycles. The van der Waals surface area contributed by atoms with Crippen LogP contribution in [0.5, 0.6) is 5.75 Å². The molecule has 6 nitrogen and oxygen atoms in total. The predicted molar refractivity (Wildman–Crippen MR) is 103 cm³/mol. The summed E-state index contributed by atoms with van der Waals surface area (Å²) in [5.74, 6) is 0.728. The molecule has 0 aliphatic heterocycles. The molecule has 0 radical (unpaired) electrons. The van der Waals surface area contributed by atoms with E-state index in [0.29, 0.717) is 11.7 Å². The van der Waals surface area contributed by atoms with Crippen LogP contribution in [-0.4, -0.2) is 18.0 Å². The average molecular weight is 366 g/mol. The van der Waals surface area contributed by atoms with Gasteiger partial charge in [0.1, 0.15) is 5.75 Å². The van der Waals surface area contributed by atoms with Crippen LogP contribution in [0.1, 0.15) is 12.5 Å². The number of hydrogen-bond donors (Lipinski definition) is 1. The zero-order chi connectivity index (χ0) is 18.4. The fraction of sp³-hybridized carbons (Fsp3) is 0.158. The number of thiazole rings is 1. The summed E-state index contributed by atoms with van der Waals surface area (Å²) in [4.78, 5) is 15.5. The lowest BCUT2D eigenvalue weighted by atomic mass is 10.1. The number of carbonyl (C=O) groups is 1. The Morgan fingerprint density at radius 1 is 1.15 bits per heavy atom. The average Bonchev–Trinajstić information content (AvgIpc) is 3.11. The van der Waals surface area contributed by atoms with E-state index in [9.17, 15) is 4.79 Å². The Hall–Kier alpha value is -3.06. The lowest BCUT2D eigenvalue weighted by Gasteiger charge is -2.02. The Balaban J connectivity index is 1.62. The van der Waals surface area contributed by atoms with Gasteiger partial charge in [-0.3, -0.25) is 4.79 Å². The topological polar surface area (TPSA) is 75.9 Å². The van der Waals surface area contributed by atoms with Crippen molar-refractivity contribution in [2.24, 2.45) is 10.2 Å². The van der Waals surface area contributed by atoms with Gasteiger partial charge in [-0.2, -0.15) is 5.11 Å². The SMILES string of the molecule is COc1ccc(CN=Nc2nc(-c3ccc(NC(C)=O)cc3)cs2)cc1. The largest absolute Gasteiger partial charge is 0.497 e. The summed E-state index contributed by atoms with van der Waals surface area (Å²) in [6.07, 6.45) is 0. The normalized spacial score (nSPS) is 10.8. The number of anilines is 1. The van der Waals surface area contributed by atoms with Crippen LogP contribution >= 0.6 is 11.3 Å². The molecule has 7 heteroatoms. The molecule has 0 bridgehead atoms. The molecule has 132 valence electrons. The molecule has 0 atom stereocenters. The quantitative estimate of drug-likeness (QED) is 0.619. The minimum Gasteiger partial charge on any atom is -0.497 e. The number of benzene rings is 2. The minimum atomic E-state index is -0.0917. The summed E-state index contributed by atoms with van der Waals surface area (Å²) in [6.45, 7) is 1.97. The molecule has 0 saturated heterocycles. The van der Waals surface area contributed by atoms with Crippen LogP contribution in [0.4, 0.5) is 10.8 Å². The molecule has 0 aliphatic carbocycles. The number of amides is 1. The first kappa shape index (κ1) is 17.8. The van der Waals surface area contributed by atoms with Crippen LogP contribution in [-0.2, 0) is 11.3 Å². The highest BCUT2D eigenvalue weighted by molar-refractivity contribution is 7.13. The Morgan fingerprint density at radius 2 is 1.88 bits per heavy atom. The van der Waals surface area contributed by atoms with Crippen molar-refractivity contribution in [3.8, 4) is 17.0 Å². The van der Waals surface area contributed by atoms with Crippen molar-refractivity contribution in [2.75, 3.05) is 12.4 Å². The molecule has 2 aromatic carbocycles. The van der Waals surface area contributed by atoms with Crippen molar-refractivity contribution >= 4 is 28.1 Å². The van der Waals surface area contributed by atoms with Gasteiger partial charge in [-0.1, -0.05) is 24.3 Å². The van der Waals surface area contributed by atoms with Gasteiger partial charge in [0.15, 0.2) is 0 Å². The molecule has 1 amide bonds. The number of azo groups is 1. The summed E-state index contributed by atoms with van der Waals surface area (Å²) in [7, 11) is 1.64. The van der Waals surface area contributed by atoms with Gasteiger partial charge in [-0.05, 0) is 29.8 Å². The first-order valence-corrected chi connectivity index (χ1v) is 8.86. The van der Waals surface area contributed by atoms with Crippen molar-refractivity contribution < 1.29 is 9.53 Å². The van der Waals surface area contributed by atoms with Gasteiger partial charge in [-0.15, -0.1) is 16.5 Å². The van der Waals surface area contributed by atoms with Gasteiger partial charge in [0.05, 0.1) is 19.3 Å². The van der Waals surface area contributed by atoms with E-state index < -0.39 is 0 Å². The van der Waals surface area contributed by atoms with E-state index in [2.05, 4.69) is 20.5 Å². The lowest BCUT2D eigenvalue weighted by molar-refractivity contribution is -0.114. The Kier molecular flexibility index (Phi) is 5.70. The van der Waals surface area contributed by atoms with Gasteiger partial charge >= 0.3 is 0 Å². The number of nitrogens with zero attached hydrogens (tertiary/aromatic N) is 3. The third kappa shape index (κ3) is 4.73. The van der Waals surface area contributed by atoms with Crippen molar-refractivity contribution in [1.29, 1.82) is 0 Å². The van der Waals surface area contributed by atoms with Crippen LogP contribution in [0.2, 0.25) is 0 Å². The Morgan fingerprint density at radius 3 is 2.54 bits per heavy atom. The van der Waals surface area contributed by atoms with Crippen LogP contribution in [0.3, 0.4) is 0 Å². The van der Waals surface area contributed by atoms with Gasteiger partial charge in [-0.25, -0.2) is 4.98 Å². The summed E-state index contributed by atoms with van der Waals surface area (Å²) in [6, 6.07) is 15.2. The van der Waals surface area contributed by atoms with E-state index >= 15 is 0 Å². The molecular weight excluding hydrogens is 348 g/mol. The van der Waals surface area contributed by atoms with E-state index in [-0.39, 0.29) is 5.91 Å². The summed E-state index contributed by atoms with van der Waals surface area (Å²) in [5.41, 5.74) is 3.62. The summed E-state index contributed by atoms with van der Waals surface area (Å²) in [5, 5.41) is 13.7. The van der Waals surface area contributed by atoms with Crippen LogP contribution in [0, 0.1) is 0 Å². The lowest BCUT2D eigenvalue weighted by Crippen LogP contribution is -2.05. The maximum absolute atomic E-state index is 11.1. The molecule has 1 N–H and O–H groups in total. The molecule has 0 fully saturated rings. The van der Waals surface area contributed by atoms with Gasteiger partial charge < -0.3 is 10.1 Å². The number of ether oxygens (including phenoxy) is 1. The van der Waals surface area contributed by atoms with Crippen molar-refractivity contribution in [3.63, 3.8) is 0 Å². The molecule has 3 rings (SSSR count). The second kappa shape index (κ2) is 8.35. The van der Waals surface area contributed by atoms with Crippen LogP contribution in [0.25, 0.3) is 11.3 Å². The first-order chi connectivity index (χ1) is 12.6. The van der Waals surface area contributed by atoms with E-state index in [4.69, 9.17) is 4.74 Å². The number of rotatable bonds is 6. The molecule has 0 saturated carbocycles. The fourth-order valence-corrected chi connectivity index (χ4v) is 2.94. The molecule has 0 aliphatic rings. The number of carbonyl (C=O) groups excluding carboxylic acids is 1. The number of methoxy groups -OCH3 is 1. The Bertz CT molecular complexity index is 902. The monoisotopic (exact) mass is 366 g/mol. The number of aromatic nitrogens is 1. The smallest absolute Gasteiger partial charge is 0.230 e. The van der Waals surface area contributed by atoms with Gasteiger partial charge in [0, 0.05) is 23.6 Å². The zero-order valence-corrected chi connectivity index (χ0v) is 15.3. The van der Waals surface area contributed by atoms with Crippen LogP contribution in [0.15, 0.2) is 64.1 Å². The first-order valence-electron chi connectivity index (χ1n) is 7.98. The Labute approximate surface area is 155 Å². The second-order valence-electron chi connectivity index (χ2n) is 5.52. The van der Waals surface area contributed by atoms with E-state index in [1.165, 1.54) is 18.3 Å². The van der Waals surface area contributed by atoms with Gasteiger partial charge in [0.2, 0.25) is 11.0 Å². The third-order valence-corrected chi connectivity index (χ3v) is 4.29. The van der Waals surface area contributed by atoms with E-state index in [1.807, 2.05) is 53.9 Å². The molecule has 0 unspecified atom stereocenters. The fourth-order valence-electron chi connectivity index (χ4n) is 2.28. The van der Waals surface area contributed by atoms with Crippen molar-refractivity contribution in [1.82, 2.24) is 4.98 Å². The second-order valence-corrected chi connectivity index (χ2v) is 6.36. The standard InChI is InChI=1S/C19H18N4O2S/c1-13(24)21-16-7-5-15(6-8-16)18-12-26-19(22-18)23-20-11-14-3-9-17(25-2)10-4-14/h3-10,12H,11H2,1-2H3,(H,21,24). The zero-order valence-electron chi connectivity index (χ0n) is 14.5. The highest BCUT2D eigenvalue weighted by atomic mass is 32.1. The number of hydrogen-bond acceptors (Lipinski definition) is 6.